The summed E-state index contributed by atoms with van der Waals surface area (Å²) in [5, 5.41) is 2.35. The fourth-order valence-electron chi connectivity index (χ4n) is 3.97. The summed E-state index contributed by atoms with van der Waals surface area (Å²) in [6, 6.07) is 6.80. The predicted octanol–water partition coefficient (Wildman–Crippen LogP) is 7.28. The molecule has 2 amide bonds. The molecule has 1 aromatic rings. The summed E-state index contributed by atoms with van der Waals surface area (Å²) >= 11 is 0. The van der Waals surface area contributed by atoms with Gasteiger partial charge in [-0.2, -0.15) is 74.6 Å². The van der Waals surface area contributed by atoms with E-state index in [4.69, 9.17) is 10.5 Å². The maximum absolute atomic E-state index is 14.4. The van der Waals surface area contributed by atoms with Gasteiger partial charge in [0, 0.05) is 33.2 Å². The zero-order chi connectivity index (χ0) is 39.9. The third-order valence-electron chi connectivity index (χ3n) is 7.10. The van der Waals surface area contributed by atoms with E-state index in [1.165, 1.54) is 0 Å². The van der Waals surface area contributed by atoms with E-state index in [0.29, 0.717) is 5.56 Å². The highest BCUT2D eigenvalue weighted by atomic mass is 19.4. The number of methoxy groups -OCH3 is 1. The molecular formula is C27H30F17N3O4. The molecule has 0 fully saturated rings. The highest BCUT2D eigenvalue weighted by molar-refractivity contribution is 5.81. The van der Waals surface area contributed by atoms with Crippen LogP contribution in [0.3, 0.4) is 0 Å². The smallest absolute Gasteiger partial charge is 0.445 e. The van der Waals surface area contributed by atoms with E-state index in [1.54, 1.807) is 30.3 Å². The van der Waals surface area contributed by atoms with Gasteiger partial charge < -0.3 is 25.4 Å². The first-order chi connectivity index (χ1) is 23.0. The summed E-state index contributed by atoms with van der Waals surface area (Å²) < 4.78 is 240. The summed E-state index contributed by atoms with van der Waals surface area (Å²) in [6.45, 7) is -3.31. The van der Waals surface area contributed by atoms with Crippen LogP contribution in [0.4, 0.5) is 79.4 Å². The molecule has 296 valence electrons. The molecule has 51 heavy (non-hydrogen) atoms. The molecule has 1 atom stereocenters. The predicted molar refractivity (Wildman–Crippen MR) is 140 cm³/mol. The minimum Gasteiger partial charge on any atom is -0.445 e. The topological polar surface area (TPSA) is 93.9 Å². The van der Waals surface area contributed by atoms with Crippen molar-refractivity contribution in [3.05, 3.63) is 35.9 Å². The Labute approximate surface area is 277 Å². The Morgan fingerprint density at radius 1 is 0.725 bits per heavy atom. The van der Waals surface area contributed by atoms with Gasteiger partial charge in [-0.1, -0.05) is 30.3 Å². The summed E-state index contributed by atoms with van der Waals surface area (Å²) in [6.07, 6.45) is -11.7. The van der Waals surface area contributed by atoms with Gasteiger partial charge in [0.2, 0.25) is 5.91 Å². The fraction of sp³-hybridized carbons (Fsp3) is 0.704. The normalized spacial score (nSPS) is 14.6. The number of alkyl carbamates (subject to hydrolysis) is 1. The van der Waals surface area contributed by atoms with Gasteiger partial charge in [0.25, 0.3) is 0 Å². The molecule has 0 aliphatic carbocycles. The van der Waals surface area contributed by atoms with Crippen molar-refractivity contribution >= 4 is 12.0 Å². The molecule has 0 aliphatic heterocycles. The van der Waals surface area contributed by atoms with Crippen molar-refractivity contribution in [3.63, 3.8) is 0 Å². The van der Waals surface area contributed by atoms with Crippen LogP contribution in [0.25, 0.3) is 0 Å². The van der Waals surface area contributed by atoms with E-state index >= 15 is 0 Å². The molecule has 0 saturated heterocycles. The van der Waals surface area contributed by atoms with Crippen LogP contribution in [0, 0.1) is 0 Å². The van der Waals surface area contributed by atoms with E-state index in [-0.39, 0.29) is 37.3 Å². The Balaban J connectivity index is 3.00. The monoisotopic (exact) mass is 783 g/mol. The second kappa shape index (κ2) is 16.6. The number of rotatable bonds is 20. The maximum Gasteiger partial charge on any atom is 0.460 e. The molecule has 7 nitrogen and oxygen atoms in total. The number of nitrogens with two attached hydrogens (primary N) is 1. The number of carbonyl (C=O) groups is 2. The number of hydrogen-bond acceptors (Lipinski definition) is 5. The number of nitrogens with zero attached hydrogens (tertiary/aromatic N) is 1. The molecule has 0 saturated carbocycles. The zero-order valence-corrected chi connectivity index (χ0v) is 25.9. The van der Waals surface area contributed by atoms with E-state index in [1.807, 2.05) is 0 Å². The lowest BCUT2D eigenvalue weighted by molar-refractivity contribution is -0.461. The fourth-order valence-corrected chi connectivity index (χ4v) is 3.97. The number of benzene rings is 1. The van der Waals surface area contributed by atoms with E-state index < -0.39 is 91.8 Å². The first-order valence-corrected chi connectivity index (χ1v) is 14.2. The number of carbonyl (C=O) groups excluding carboxylic acids is 2. The largest absolute Gasteiger partial charge is 0.460 e. The summed E-state index contributed by atoms with van der Waals surface area (Å²) in [7, 11) is 0.962. The standard InChI is InChI=1S/C27H30F17N3O4/c1-50-14-13-47(18(48)17(45)9-5-6-11-46-19(49)51-15-16-7-3-2-4-8-16)12-10-20(28,29)21(30,31)22(32,33)23(34,35)24(36,37)25(38,39)26(40,41)27(42,43)44/h2-4,7-8,17H,5-6,9-15,45H2,1H3,(H,46,49)/t17-/m0/s1. The Morgan fingerprint density at radius 3 is 1.71 bits per heavy atom. The van der Waals surface area contributed by atoms with Crippen molar-refractivity contribution < 1.29 is 93.7 Å². The quantitative estimate of drug-likeness (QED) is 0.107. The van der Waals surface area contributed by atoms with Crippen LogP contribution in [0.15, 0.2) is 30.3 Å². The molecule has 0 aromatic heterocycles. The summed E-state index contributed by atoms with van der Waals surface area (Å²) in [4.78, 5) is 24.6. The average Bonchev–Trinajstić information content (AvgIpc) is 3.02. The summed E-state index contributed by atoms with van der Waals surface area (Å²) in [5.41, 5.74) is 6.32. The lowest BCUT2D eigenvalue weighted by Crippen LogP contribution is -2.74. The first-order valence-electron chi connectivity index (χ1n) is 14.2. The molecular weight excluding hydrogens is 753 g/mol. The molecule has 0 spiro atoms. The highest BCUT2D eigenvalue weighted by Gasteiger charge is 2.95. The second-order valence-electron chi connectivity index (χ2n) is 10.8. The van der Waals surface area contributed by atoms with E-state index in [9.17, 15) is 84.2 Å². The number of unbranched alkanes of at least 4 members (excludes halogenated alkanes) is 1. The number of ether oxygens (including phenoxy) is 2. The number of hydrogen-bond donors (Lipinski definition) is 2. The Morgan fingerprint density at radius 2 is 1.22 bits per heavy atom. The summed E-state index contributed by atoms with van der Waals surface area (Å²) in [5.74, 6) is -58.6. The van der Waals surface area contributed by atoms with Crippen molar-refractivity contribution in [2.75, 3.05) is 33.4 Å². The molecule has 1 rings (SSSR count). The minimum atomic E-state index is -8.73. The van der Waals surface area contributed by atoms with Gasteiger partial charge in [-0.3, -0.25) is 4.79 Å². The molecule has 3 N–H and O–H groups in total. The molecule has 0 radical (unpaired) electrons. The van der Waals surface area contributed by atoms with Crippen LogP contribution in [0.1, 0.15) is 31.2 Å². The molecule has 1 aromatic carbocycles. The van der Waals surface area contributed by atoms with Crippen LogP contribution >= 0.6 is 0 Å². The molecule has 0 unspecified atom stereocenters. The molecule has 24 heteroatoms. The zero-order valence-electron chi connectivity index (χ0n) is 25.9. The molecule has 0 aliphatic rings. The maximum atomic E-state index is 14.4. The number of halogens is 17. The molecule has 0 bridgehead atoms. The van der Waals surface area contributed by atoms with Crippen molar-refractivity contribution in [2.24, 2.45) is 5.73 Å². The second-order valence-corrected chi connectivity index (χ2v) is 10.8. The van der Waals surface area contributed by atoms with Gasteiger partial charge in [0.15, 0.2) is 0 Å². The minimum absolute atomic E-state index is 0.0196. The van der Waals surface area contributed by atoms with Gasteiger partial charge in [0.1, 0.15) is 6.61 Å². The van der Waals surface area contributed by atoms with Crippen LogP contribution in [-0.2, 0) is 20.9 Å². The third kappa shape index (κ3) is 9.57. The van der Waals surface area contributed by atoms with Gasteiger partial charge in [0.05, 0.1) is 12.6 Å². The van der Waals surface area contributed by atoms with Crippen molar-refractivity contribution in [1.82, 2.24) is 10.2 Å². The van der Waals surface area contributed by atoms with Crippen LogP contribution in [-0.4, -0.2) is 104 Å². The van der Waals surface area contributed by atoms with Gasteiger partial charge in [-0.05, 0) is 24.8 Å². The van der Waals surface area contributed by atoms with Crippen LogP contribution < -0.4 is 11.1 Å². The Bertz CT molecular complexity index is 1280. The average molecular weight is 784 g/mol. The van der Waals surface area contributed by atoms with Crippen LogP contribution in [0.2, 0.25) is 0 Å². The highest BCUT2D eigenvalue weighted by Crippen LogP contribution is 2.64. The third-order valence-corrected chi connectivity index (χ3v) is 7.10. The van der Waals surface area contributed by atoms with E-state index in [2.05, 4.69) is 10.1 Å². The van der Waals surface area contributed by atoms with E-state index in [0.717, 1.165) is 7.11 Å². The number of alkyl halides is 17. The lowest BCUT2D eigenvalue weighted by Gasteiger charge is -2.43. The van der Waals surface area contributed by atoms with Gasteiger partial charge in [-0.15, -0.1) is 0 Å². The van der Waals surface area contributed by atoms with Crippen LogP contribution in [0.5, 0.6) is 0 Å². The van der Waals surface area contributed by atoms with Gasteiger partial charge >= 0.3 is 53.7 Å². The lowest BCUT2D eigenvalue weighted by atomic mass is 9.88. The van der Waals surface area contributed by atoms with Gasteiger partial charge in [-0.25, -0.2) is 4.79 Å². The SMILES string of the molecule is COCCN(CCC(F)(F)C(F)(F)C(F)(F)C(F)(F)C(F)(F)C(F)(F)C(F)(F)C(F)(F)F)C(=O)[C@@H](N)CCCCNC(=O)OCc1ccccc1. The number of amides is 2. The first kappa shape index (κ1) is 45.7. The number of nitrogens with one attached hydrogen (secondary N) is 1. The van der Waals surface area contributed by atoms with Crippen molar-refractivity contribution in [2.45, 2.75) is 86.0 Å². The molecule has 0 heterocycles. The Hall–Kier alpha value is -3.31. The van der Waals surface area contributed by atoms with Crippen molar-refractivity contribution in [1.29, 1.82) is 0 Å². The Kier molecular flexibility index (Phi) is 14.9. The van der Waals surface area contributed by atoms with Crippen molar-refractivity contribution in [3.8, 4) is 0 Å².